The molecule has 0 bridgehead atoms. The summed E-state index contributed by atoms with van der Waals surface area (Å²) in [6.07, 6.45) is 3.90. The minimum absolute atomic E-state index is 0. The molecule has 0 unspecified atom stereocenters. The van der Waals surface area contributed by atoms with E-state index in [1.807, 2.05) is 19.1 Å². The average molecular weight is 493 g/mol. The third-order valence-electron chi connectivity index (χ3n) is 4.94. The summed E-state index contributed by atoms with van der Waals surface area (Å²) >= 11 is 0. The Bertz CT molecular complexity index is 549. The van der Waals surface area contributed by atoms with Crippen LogP contribution in [0, 0.1) is 5.82 Å². The normalized spacial score (nSPS) is 16.5. The van der Waals surface area contributed by atoms with Crippen LogP contribution in [0.3, 0.4) is 0 Å². The molecule has 1 fully saturated rings. The molecule has 0 radical (unpaired) electrons. The highest BCUT2D eigenvalue weighted by Crippen LogP contribution is 2.34. The lowest BCUT2D eigenvalue weighted by atomic mass is 9.74. The molecule has 1 aliphatic heterocycles. The van der Waals surface area contributed by atoms with Gasteiger partial charge in [-0.15, -0.1) is 24.0 Å². The van der Waals surface area contributed by atoms with Gasteiger partial charge in [0.2, 0.25) is 0 Å². The highest BCUT2D eigenvalue weighted by molar-refractivity contribution is 14.0. The Labute approximate surface area is 179 Å². The van der Waals surface area contributed by atoms with Gasteiger partial charge >= 0.3 is 0 Å². The fourth-order valence-corrected chi connectivity index (χ4v) is 3.29. The molecule has 0 spiro atoms. The van der Waals surface area contributed by atoms with E-state index in [0.717, 1.165) is 76.7 Å². The Morgan fingerprint density at radius 1 is 1.19 bits per heavy atom. The molecule has 0 aromatic heterocycles. The molecule has 1 aliphatic rings. The van der Waals surface area contributed by atoms with Crippen molar-refractivity contribution in [3.8, 4) is 0 Å². The molecule has 1 heterocycles. The van der Waals surface area contributed by atoms with Gasteiger partial charge in [0.05, 0.1) is 0 Å². The minimum atomic E-state index is -0.201. The zero-order valence-electron chi connectivity index (χ0n) is 16.4. The van der Waals surface area contributed by atoms with Crippen LogP contribution in [0.5, 0.6) is 0 Å². The molecular weight excluding hydrogens is 460 g/mol. The maximum Gasteiger partial charge on any atom is 0.191 e. The molecule has 154 valence electrons. The maximum absolute atomic E-state index is 13.3. The zero-order chi connectivity index (χ0) is 18.7. The first-order valence-electron chi connectivity index (χ1n) is 9.56. The Balaban J connectivity index is 0.00000364. The van der Waals surface area contributed by atoms with Crippen LogP contribution in [0.15, 0.2) is 29.3 Å². The van der Waals surface area contributed by atoms with Crippen molar-refractivity contribution < 1.29 is 13.9 Å². The molecule has 0 aliphatic carbocycles. The summed E-state index contributed by atoms with van der Waals surface area (Å²) in [5.41, 5.74) is 1.10. The number of rotatable bonds is 9. The number of aliphatic imine (C=N–C) groups is 1. The van der Waals surface area contributed by atoms with Crippen LogP contribution in [-0.2, 0) is 14.9 Å². The molecule has 7 heteroatoms. The molecule has 27 heavy (non-hydrogen) atoms. The Kier molecular flexibility index (Phi) is 11.9. The summed E-state index contributed by atoms with van der Waals surface area (Å²) in [5.74, 6) is 0.600. The van der Waals surface area contributed by atoms with Gasteiger partial charge < -0.3 is 20.1 Å². The van der Waals surface area contributed by atoms with E-state index in [2.05, 4.69) is 15.6 Å². The third-order valence-corrected chi connectivity index (χ3v) is 4.94. The molecule has 1 aromatic rings. The van der Waals surface area contributed by atoms with Gasteiger partial charge in [-0.05, 0) is 50.3 Å². The van der Waals surface area contributed by atoms with E-state index in [4.69, 9.17) is 9.47 Å². The van der Waals surface area contributed by atoms with Gasteiger partial charge in [-0.2, -0.15) is 0 Å². The molecule has 5 nitrogen and oxygen atoms in total. The lowest BCUT2D eigenvalue weighted by Crippen LogP contribution is -2.48. The van der Waals surface area contributed by atoms with E-state index in [1.165, 1.54) is 12.1 Å². The first-order valence-corrected chi connectivity index (χ1v) is 9.56. The topological polar surface area (TPSA) is 54.9 Å². The number of nitrogens with zero attached hydrogens (tertiary/aromatic N) is 1. The summed E-state index contributed by atoms with van der Waals surface area (Å²) in [7, 11) is 1.78. The summed E-state index contributed by atoms with van der Waals surface area (Å²) in [6.45, 7) is 6.64. The molecule has 0 atom stereocenters. The van der Waals surface area contributed by atoms with Gasteiger partial charge in [0.1, 0.15) is 5.82 Å². The lowest BCUT2D eigenvalue weighted by Gasteiger charge is -2.38. The number of hydrogen-bond donors (Lipinski definition) is 2. The predicted octanol–water partition coefficient (Wildman–Crippen LogP) is 3.47. The zero-order valence-corrected chi connectivity index (χ0v) is 18.8. The fourth-order valence-electron chi connectivity index (χ4n) is 3.29. The van der Waals surface area contributed by atoms with E-state index >= 15 is 0 Å². The number of hydrogen-bond acceptors (Lipinski definition) is 3. The van der Waals surface area contributed by atoms with E-state index < -0.39 is 0 Å². The largest absolute Gasteiger partial charge is 0.382 e. The van der Waals surface area contributed by atoms with Crippen LogP contribution in [0.2, 0.25) is 0 Å². The van der Waals surface area contributed by atoms with Crippen LogP contribution in [0.4, 0.5) is 4.39 Å². The molecule has 1 aromatic carbocycles. The second-order valence-electron chi connectivity index (χ2n) is 6.66. The average Bonchev–Trinajstić information content (AvgIpc) is 2.68. The minimum Gasteiger partial charge on any atom is -0.382 e. The molecule has 1 saturated heterocycles. The van der Waals surface area contributed by atoms with E-state index in [1.54, 1.807) is 7.05 Å². The predicted molar refractivity (Wildman–Crippen MR) is 119 cm³/mol. The van der Waals surface area contributed by atoms with Crippen molar-refractivity contribution >= 4 is 29.9 Å². The van der Waals surface area contributed by atoms with Gasteiger partial charge in [-0.3, -0.25) is 4.99 Å². The molecular formula is C20H33FIN3O2. The highest BCUT2D eigenvalue weighted by Gasteiger charge is 2.34. The number of ether oxygens (including phenoxy) is 2. The first kappa shape index (κ1) is 24.1. The standard InChI is InChI=1S/C20H32FN3O2.HI/c1-3-25-13-5-4-12-23-19(22-2)24-16-20(10-14-26-15-11-20)17-6-8-18(21)9-7-17;/h6-9H,3-5,10-16H2,1-2H3,(H2,22,23,24);1H. The van der Waals surface area contributed by atoms with Gasteiger partial charge in [0.25, 0.3) is 0 Å². The summed E-state index contributed by atoms with van der Waals surface area (Å²) < 4.78 is 24.2. The Hall–Kier alpha value is -0.930. The lowest BCUT2D eigenvalue weighted by molar-refractivity contribution is 0.0513. The SMILES string of the molecule is CCOCCCCNC(=NC)NCC1(c2ccc(F)cc2)CCOCC1.I. The highest BCUT2D eigenvalue weighted by atomic mass is 127. The number of benzene rings is 1. The summed E-state index contributed by atoms with van der Waals surface area (Å²) in [5, 5.41) is 6.81. The molecule has 0 saturated carbocycles. The molecule has 0 amide bonds. The van der Waals surface area contributed by atoms with Crippen molar-refractivity contribution in [3.05, 3.63) is 35.6 Å². The van der Waals surface area contributed by atoms with E-state index in [-0.39, 0.29) is 35.2 Å². The van der Waals surface area contributed by atoms with Crippen molar-refractivity contribution in [1.29, 1.82) is 0 Å². The van der Waals surface area contributed by atoms with Gasteiger partial charge in [-0.25, -0.2) is 4.39 Å². The third kappa shape index (κ3) is 7.91. The van der Waals surface area contributed by atoms with Crippen LogP contribution in [-0.4, -0.2) is 52.5 Å². The van der Waals surface area contributed by atoms with E-state index in [9.17, 15) is 4.39 Å². The first-order chi connectivity index (χ1) is 12.7. The second-order valence-corrected chi connectivity index (χ2v) is 6.66. The van der Waals surface area contributed by atoms with Crippen LogP contribution >= 0.6 is 24.0 Å². The quantitative estimate of drug-likeness (QED) is 0.240. The maximum atomic E-state index is 13.3. The van der Waals surface area contributed by atoms with Crippen molar-refractivity contribution in [1.82, 2.24) is 10.6 Å². The van der Waals surface area contributed by atoms with Crippen molar-refractivity contribution in [2.75, 3.05) is 46.6 Å². The number of nitrogens with one attached hydrogen (secondary N) is 2. The number of halogens is 2. The van der Waals surface area contributed by atoms with Crippen molar-refractivity contribution in [2.24, 2.45) is 4.99 Å². The van der Waals surface area contributed by atoms with Crippen molar-refractivity contribution in [2.45, 2.75) is 38.0 Å². The summed E-state index contributed by atoms with van der Waals surface area (Å²) in [4.78, 5) is 4.32. The van der Waals surface area contributed by atoms with Crippen LogP contribution in [0.1, 0.15) is 38.2 Å². The number of guanidine groups is 1. The monoisotopic (exact) mass is 493 g/mol. The fraction of sp³-hybridized carbons (Fsp3) is 0.650. The molecule has 2 rings (SSSR count). The van der Waals surface area contributed by atoms with Gasteiger partial charge in [-0.1, -0.05) is 12.1 Å². The van der Waals surface area contributed by atoms with Crippen molar-refractivity contribution in [3.63, 3.8) is 0 Å². The van der Waals surface area contributed by atoms with Gasteiger partial charge in [0, 0.05) is 52.0 Å². The Morgan fingerprint density at radius 3 is 2.52 bits per heavy atom. The number of unbranched alkanes of at least 4 members (excludes halogenated alkanes) is 1. The smallest absolute Gasteiger partial charge is 0.191 e. The van der Waals surface area contributed by atoms with E-state index in [0.29, 0.717) is 0 Å². The van der Waals surface area contributed by atoms with Crippen LogP contribution in [0.25, 0.3) is 0 Å². The summed E-state index contributed by atoms with van der Waals surface area (Å²) in [6, 6.07) is 6.87. The van der Waals surface area contributed by atoms with Crippen LogP contribution < -0.4 is 10.6 Å². The second kappa shape index (κ2) is 13.3. The van der Waals surface area contributed by atoms with Gasteiger partial charge in [0.15, 0.2) is 5.96 Å². The molecule has 2 N–H and O–H groups in total. The Morgan fingerprint density at radius 2 is 1.89 bits per heavy atom.